The first-order chi connectivity index (χ1) is 8.52. The van der Waals surface area contributed by atoms with Crippen LogP contribution in [0.1, 0.15) is 47.0 Å². The number of nitrogens with one attached hydrogen (secondary N) is 2. The molecule has 1 saturated carbocycles. The molecule has 0 heterocycles. The van der Waals surface area contributed by atoms with Crippen LogP contribution in [0.4, 0.5) is 0 Å². The Kier molecular flexibility index (Phi) is 7.08. The predicted molar refractivity (Wildman–Crippen MR) is 80.0 cm³/mol. The Morgan fingerprint density at radius 1 is 1.33 bits per heavy atom. The normalized spacial score (nSPS) is 25.4. The van der Waals surface area contributed by atoms with Crippen LogP contribution >= 0.6 is 11.8 Å². The molecule has 1 rings (SSSR count). The minimum atomic E-state index is -0.0703. The number of hydrogen-bond acceptors (Lipinski definition) is 3. The molecule has 0 aromatic rings. The summed E-state index contributed by atoms with van der Waals surface area (Å²) in [6, 6.07) is 0.452. The molecule has 1 fully saturated rings. The topological polar surface area (TPSA) is 41.1 Å². The van der Waals surface area contributed by atoms with Crippen molar-refractivity contribution in [3.05, 3.63) is 0 Å². The summed E-state index contributed by atoms with van der Waals surface area (Å²) in [7, 11) is 0. The van der Waals surface area contributed by atoms with E-state index in [1.165, 1.54) is 25.0 Å². The molecular formula is C14H28N2OS. The summed E-state index contributed by atoms with van der Waals surface area (Å²) in [6.07, 6.45) is 3.70. The maximum absolute atomic E-state index is 11.9. The van der Waals surface area contributed by atoms with Crippen LogP contribution in [0.3, 0.4) is 0 Å². The predicted octanol–water partition coefficient (Wildman–Crippen LogP) is 2.41. The molecule has 106 valence electrons. The second-order valence-electron chi connectivity index (χ2n) is 5.61. The van der Waals surface area contributed by atoms with Gasteiger partial charge in [-0.3, -0.25) is 4.79 Å². The second kappa shape index (κ2) is 8.05. The van der Waals surface area contributed by atoms with E-state index in [9.17, 15) is 4.79 Å². The van der Waals surface area contributed by atoms with Gasteiger partial charge in [-0.25, -0.2) is 0 Å². The molecule has 4 heteroatoms. The van der Waals surface area contributed by atoms with Gasteiger partial charge in [-0.05, 0) is 37.9 Å². The fourth-order valence-corrected chi connectivity index (χ4v) is 3.51. The molecule has 2 N–H and O–H groups in total. The summed E-state index contributed by atoms with van der Waals surface area (Å²) in [5, 5.41) is 7.24. The Balaban J connectivity index is 2.23. The van der Waals surface area contributed by atoms with E-state index in [2.05, 4.69) is 43.2 Å². The molecule has 3 unspecified atom stereocenters. The van der Waals surface area contributed by atoms with E-state index in [0.29, 0.717) is 12.0 Å². The summed E-state index contributed by atoms with van der Waals surface area (Å²) >= 11 is 2.05. The lowest BCUT2D eigenvalue weighted by atomic mass is 10.2. The van der Waals surface area contributed by atoms with Crippen molar-refractivity contribution in [3.63, 3.8) is 0 Å². The van der Waals surface area contributed by atoms with Crippen molar-refractivity contribution in [3.8, 4) is 0 Å². The highest BCUT2D eigenvalue weighted by molar-refractivity contribution is 7.99. The average molecular weight is 272 g/mol. The molecule has 0 aromatic heterocycles. The van der Waals surface area contributed by atoms with E-state index < -0.39 is 0 Å². The summed E-state index contributed by atoms with van der Waals surface area (Å²) in [6.45, 7) is 9.18. The molecule has 0 radical (unpaired) electrons. The van der Waals surface area contributed by atoms with Gasteiger partial charge in [0, 0.05) is 17.8 Å². The lowest BCUT2D eigenvalue weighted by molar-refractivity contribution is -0.123. The summed E-state index contributed by atoms with van der Waals surface area (Å²) in [5.41, 5.74) is 0. The van der Waals surface area contributed by atoms with Crippen molar-refractivity contribution in [2.24, 2.45) is 5.92 Å². The van der Waals surface area contributed by atoms with E-state index in [4.69, 9.17) is 0 Å². The third kappa shape index (κ3) is 5.61. The Bertz CT molecular complexity index is 258. The summed E-state index contributed by atoms with van der Waals surface area (Å²) in [5.74, 6) is 1.84. The van der Waals surface area contributed by atoms with Gasteiger partial charge in [0.05, 0.1) is 6.04 Å². The fraction of sp³-hybridized carbons (Fsp3) is 0.929. The first-order valence-corrected chi connectivity index (χ1v) is 8.23. The van der Waals surface area contributed by atoms with Crippen molar-refractivity contribution in [1.29, 1.82) is 0 Å². The van der Waals surface area contributed by atoms with Gasteiger partial charge >= 0.3 is 0 Å². The molecular weight excluding hydrogens is 244 g/mol. The Morgan fingerprint density at radius 3 is 2.67 bits per heavy atom. The van der Waals surface area contributed by atoms with Crippen LogP contribution in [0, 0.1) is 5.92 Å². The van der Waals surface area contributed by atoms with Gasteiger partial charge in [0.1, 0.15) is 0 Å². The minimum Gasteiger partial charge on any atom is -0.354 e. The zero-order chi connectivity index (χ0) is 13.5. The SMILES string of the molecule is CCSC1CCC(NC(C)C(=O)NCC(C)C)C1. The van der Waals surface area contributed by atoms with Crippen LogP contribution in [-0.4, -0.2) is 35.5 Å². The number of thioether (sulfide) groups is 1. The summed E-state index contributed by atoms with van der Waals surface area (Å²) < 4.78 is 0. The van der Waals surface area contributed by atoms with E-state index in [1.807, 2.05) is 6.92 Å². The molecule has 0 aromatic carbocycles. The fourth-order valence-electron chi connectivity index (χ4n) is 2.37. The Morgan fingerprint density at radius 2 is 2.06 bits per heavy atom. The molecule has 0 spiro atoms. The van der Waals surface area contributed by atoms with Crippen molar-refractivity contribution in [2.75, 3.05) is 12.3 Å². The standard InChI is InChI=1S/C14H28N2OS/c1-5-18-13-7-6-12(8-13)16-11(4)14(17)15-9-10(2)3/h10-13,16H,5-9H2,1-4H3,(H,15,17). The lowest BCUT2D eigenvalue weighted by Gasteiger charge is -2.19. The van der Waals surface area contributed by atoms with Crippen LogP contribution in [-0.2, 0) is 4.79 Å². The van der Waals surface area contributed by atoms with Gasteiger partial charge in [-0.1, -0.05) is 20.8 Å². The Hall–Kier alpha value is -0.220. The van der Waals surface area contributed by atoms with Crippen molar-refractivity contribution < 1.29 is 4.79 Å². The molecule has 1 amide bonds. The van der Waals surface area contributed by atoms with E-state index >= 15 is 0 Å². The van der Waals surface area contributed by atoms with Gasteiger partial charge in [0.15, 0.2) is 0 Å². The largest absolute Gasteiger partial charge is 0.354 e. The number of rotatable bonds is 7. The highest BCUT2D eigenvalue weighted by Crippen LogP contribution is 2.29. The van der Waals surface area contributed by atoms with Gasteiger partial charge in [0.25, 0.3) is 0 Å². The minimum absolute atomic E-state index is 0.0703. The Labute approximate surface area is 116 Å². The number of carbonyl (C=O) groups is 1. The number of hydrogen-bond donors (Lipinski definition) is 2. The van der Waals surface area contributed by atoms with E-state index in [-0.39, 0.29) is 11.9 Å². The van der Waals surface area contributed by atoms with Crippen molar-refractivity contribution >= 4 is 17.7 Å². The van der Waals surface area contributed by atoms with Crippen LogP contribution in [0.2, 0.25) is 0 Å². The number of amides is 1. The van der Waals surface area contributed by atoms with Crippen LogP contribution in [0.15, 0.2) is 0 Å². The zero-order valence-corrected chi connectivity index (χ0v) is 13.0. The van der Waals surface area contributed by atoms with Gasteiger partial charge in [-0.2, -0.15) is 11.8 Å². The van der Waals surface area contributed by atoms with Gasteiger partial charge < -0.3 is 10.6 Å². The quantitative estimate of drug-likeness (QED) is 0.748. The summed E-state index contributed by atoms with van der Waals surface area (Å²) in [4.78, 5) is 11.9. The molecule has 3 atom stereocenters. The van der Waals surface area contributed by atoms with Gasteiger partial charge in [-0.15, -0.1) is 0 Å². The smallest absolute Gasteiger partial charge is 0.236 e. The maximum atomic E-state index is 11.9. The second-order valence-corrected chi connectivity index (χ2v) is 7.19. The highest BCUT2D eigenvalue weighted by atomic mass is 32.2. The molecule has 18 heavy (non-hydrogen) atoms. The first-order valence-electron chi connectivity index (χ1n) is 7.18. The molecule has 1 aliphatic carbocycles. The molecule has 0 aliphatic heterocycles. The highest BCUT2D eigenvalue weighted by Gasteiger charge is 2.26. The van der Waals surface area contributed by atoms with E-state index in [0.717, 1.165) is 11.8 Å². The molecule has 0 saturated heterocycles. The third-order valence-corrected chi connectivity index (χ3v) is 4.58. The van der Waals surface area contributed by atoms with Gasteiger partial charge in [0.2, 0.25) is 5.91 Å². The maximum Gasteiger partial charge on any atom is 0.236 e. The lowest BCUT2D eigenvalue weighted by Crippen LogP contribution is -2.46. The number of carbonyl (C=O) groups excluding carboxylic acids is 1. The molecule has 3 nitrogen and oxygen atoms in total. The van der Waals surface area contributed by atoms with Crippen LogP contribution in [0.25, 0.3) is 0 Å². The van der Waals surface area contributed by atoms with Crippen LogP contribution in [0.5, 0.6) is 0 Å². The molecule has 1 aliphatic rings. The first kappa shape index (κ1) is 15.8. The van der Waals surface area contributed by atoms with E-state index in [1.54, 1.807) is 0 Å². The van der Waals surface area contributed by atoms with Crippen molar-refractivity contribution in [2.45, 2.75) is 64.3 Å². The third-order valence-electron chi connectivity index (χ3n) is 3.35. The molecule has 0 bridgehead atoms. The van der Waals surface area contributed by atoms with Crippen LogP contribution < -0.4 is 10.6 Å². The monoisotopic (exact) mass is 272 g/mol. The zero-order valence-electron chi connectivity index (χ0n) is 12.2. The average Bonchev–Trinajstić information content (AvgIpc) is 2.73. The van der Waals surface area contributed by atoms with Crippen molar-refractivity contribution in [1.82, 2.24) is 10.6 Å².